The first kappa shape index (κ1) is 11.8. The predicted octanol–water partition coefficient (Wildman–Crippen LogP) is 2.23. The van der Waals surface area contributed by atoms with E-state index in [1.807, 2.05) is 0 Å². The second-order valence-corrected chi connectivity index (χ2v) is 4.45. The molecule has 2 aromatic rings. The standard InChI is InChI=1S/C11H10N2O3S/c14-6-7-17-10-4-3-9-8(2-1-5-12-9)11(10)13(15)16/h1-5,14H,6-7H2. The maximum Gasteiger partial charge on any atom is 0.292 e. The van der Waals surface area contributed by atoms with Crippen molar-refractivity contribution in [3.8, 4) is 0 Å². The molecule has 0 atom stereocenters. The zero-order valence-corrected chi connectivity index (χ0v) is 9.68. The van der Waals surface area contributed by atoms with E-state index in [0.29, 0.717) is 21.6 Å². The third-order valence-corrected chi connectivity index (χ3v) is 3.28. The van der Waals surface area contributed by atoms with Gasteiger partial charge in [0.25, 0.3) is 5.69 Å². The van der Waals surface area contributed by atoms with Gasteiger partial charge in [0.1, 0.15) is 0 Å². The molecule has 0 unspecified atom stereocenters. The van der Waals surface area contributed by atoms with Gasteiger partial charge in [-0.25, -0.2) is 0 Å². The van der Waals surface area contributed by atoms with Gasteiger partial charge in [0.15, 0.2) is 0 Å². The Morgan fingerprint density at radius 3 is 2.94 bits per heavy atom. The van der Waals surface area contributed by atoms with Gasteiger partial charge < -0.3 is 5.11 Å². The van der Waals surface area contributed by atoms with Crippen molar-refractivity contribution in [1.82, 2.24) is 4.98 Å². The number of nitro benzene ring substituents is 1. The molecule has 1 aromatic carbocycles. The van der Waals surface area contributed by atoms with Crippen molar-refractivity contribution in [3.05, 3.63) is 40.6 Å². The molecule has 17 heavy (non-hydrogen) atoms. The third-order valence-electron chi connectivity index (χ3n) is 2.25. The van der Waals surface area contributed by atoms with Crippen LogP contribution in [0.15, 0.2) is 35.4 Å². The van der Waals surface area contributed by atoms with E-state index in [2.05, 4.69) is 4.98 Å². The van der Waals surface area contributed by atoms with Crippen LogP contribution in [-0.2, 0) is 0 Å². The number of thioether (sulfide) groups is 1. The molecule has 0 spiro atoms. The van der Waals surface area contributed by atoms with Crippen LogP contribution in [0.1, 0.15) is 0 Å². The predicted molar refractivity (Wildman–Crippen MR) is 66.2 cm³/mol. The Hall–Kier alpha value is -1.66. The van der Waals surface area contributed by atoms with E-state index in [4.69, 9.17) is 5.11 Å². The second-order valence-electron chi connectivity index (χ2n) is 3.31. The number of rotatable bonds is 4. The molecule has 5 nitrogen and oxygen atoms in total. The minimum atomic E-state index is -0.399. The summed E-state index contributed by atoms with van der Waals surface area (Å²) in [5.74, 6) is 0.437. The minimum absolute atomic E-state index is 0.00705. The second kappa shape index (κ2) is 5.11. The van der Waals surface area contributed by atoms with Gasteiger partial charge in [-0.2, -0.15) is 0 Å². The third kappa shape index (κ3) is 2.37. The summed E-state index contributed by atoms with van der Waals surface area (Å²) in [5, 5.41) is 20.4. The number of nitrogens with zero attached hydrogens (tertiary/aromatic N) is 2. The Morgan fingerprint density at radius 1 is 1.41 bits per heavy atom. The summed E-state index contributed by atoms with van der Waals surface area (Å²) in [6.07, 6.45) is 1.60. The summed E-state index contributed by atoms with van der Waals surface area (Å²) in [6.45, 7) is -0.00705. The van der Waals surface area contributed by atoms with Crippen LogP contribution in [0, 0.1) is 10.1 Å². The highest BCUT2D eigenvalue weighted by atomic mass is 32.2. The first-order chi connectivity index (χ1) is 8.24. The Labute approximate surface area is 102 Å². The molecule has 0 radical (unpaired) electrons. The fourth-order valence-electron chi connectivity index (χ4n) is 1.58. The van der Waals surface area contributed by atoms with Crippen molar-refractivity contribution in [1.29, 1.82) is 0 Å². The number of fused-ring (bicyclic) bond motifs is 1. The van der Waals surface area contributed by atoms with Crippen molar-refractivity contribution < 1.29 is 10.0 Å². The van der Waals surface area contributed by atoms with Crippen LogP contribution in [0.25, 0.3) is 10.9 Å². The smallest absolute Gasteiger partial charge is 0.292 e. The average molecular weight is 250 g/mol. The van der Waals surface area contributed by atoms with Crippen LogP contribution in [0.4, 0.5) is 5.69 Å². The van der Waals surface area contributed by atoms with Crippen molar-refractivity contribution >= 4 is 28.4 Å². The van der Waals surface area contributed by atoms with Gasteiger partial charge in [-0.3, -0.25) is 15.1 Å². The Bertz CT molecular complexity index is 559. The minimum Gasteiger partial charge on any atom is -0.396 e. The largest absolute Gasteiger partial charge is 0.396 e. The number of aromatic nitrogens is 1. The monoisotopic (exact) mass is 250 g/mol. The van der Waals surface area contributed by atoms with Crippen LogP contribution in [0.2, 0.25) is 0 Å². The maximum absolute atomic E-state index is 11.1. The van der Waals surface area contributed by atoms with Crippen LogP contribution < -0.4 is 0 Å². The van der Waals surface area contributed by atoms with Crippen molar-refractivity contribution in [2.24, 2.45) is 0 Å². The van der Waals surface area contributed by atoms with Gasteiger partial charge in [0, 0.05) is 11.9 Å². The van der Waals surface area contributed by atoms with Gasteiger partial charge in [0.05, 0.1) is 27.3 Å². The van der Waals surface area contributed by atoms with Gasteiger partial charge in [-0.1, -0.05) is 0 Å². The highest BCUT2D eigenvalue weighted by molar-refractivity contribution is 7.99. The molecule has 88 valence electrons. The number of hydrogen-bond acceptors (Lipinski definition) is 5. The lowest BCUT2D eigenvalue weighted by molar-refractivity contribution is -0.385. The molecule has 6 heteroatoms. The fourth-order valence-corrected chi connectivity index (χ4v) is 2.37. The average Bonchev–Trinajstić information content (AvgIpc) is 2.35. The van der Waals surface area contributed by atoms with Gasteiger partial charge in [-0.05, 0) is 24.3 Å². The number of pyridine rings is 1. The molecular weight excluding hydrogens is 240 g/mol. The van der Waals surface area contributed by atoms with E-state index < -0.39 is 4.92 Å². The van der Waals surface area contributed by atoms with Gasteiger partial charge in [-0.15, -0.1) is 11.8 Å². The van der Waals surface area contributed by atoms with Crippen molar-refractivity contribution in [2.45, 2.75) is 4.90 Å². The van der Waals surface area contributed by atoms with Crippen LogP contribution in [-0.4, -0.2) is 27.4 Å². The van der Waals surface area contributed by atoms with Gasteiger partial charge >= 0.3 is 0 Å². The normalized spacial score (nSPS) is 10.6. The van der Waals surface area contributed by atoms with E-state index in [0.717, 1.165) is 0 Å². The lowest BCUT2D eigenvalue weighted by Gasteiger charge is -2.04. The van der Waals surface area contributed by atoms with E-state index in [-0.39, 0.29) is 12.3 Å². The van der Waals surface area contributed by atoms with E-state index in [9.17, 15) is 10.1 Å². The van der Waals surface area contributed by atoms with E-state index in [1.165, 1.54) is 11.8 Å². The lowest BCUT2D eigenvalue weighted by atomic mass is 10.2. The number of hydrogen-bond donors (Lipinski definition) is 1. The Morgan fingerprint density at radius 2 is 2.24 bits per heavy atom. The molecule has 1 N–H and O–H groups in total. The molecule has 2 rings (SSSR count). The maximum atomic E-state index is 11.1. The number of benzene rings is 1. The number of aliphatic hydroxyl groups excluding tert-OH is 1. The first-order valence-corrected chi connectivity index (χ1v) is 5.98. The number of nitro groups is 1. The van der Waals surface area contributed by atoms with E-state index >= 15 is 0 Å². The summed E-state index contributed by atoms with van der Waals surface area (Å²) in [7, 11) is 0. The zero-order valence-electron chi connectivity index (χ0n) is 8.87. The van der Waals surface area contributed by atoms with Crippen LogP contribution in [0.3, 0.4) is 0 Å². The highest BCUT2D eigenvalue weighted by Crippen LogP contribution is 2.34. The molecule has 1 aromatic heterocycles. The molecule has 0 aliphatic heterocycles. The molecule has 0 bridgehead atoms. The molecule has 0 aliphatic carbocycles. The summed E-state index contributed by atoms with van der Waals surface area (Å²) in [6, 6.07) is 6.79. The topological polar surface area (TPSA) is 76.3 Å². The fraction of sp³-hybridized carbons (Fsp3) is 0.182. The summed E-state index contributed by atoms with van der Waals surface area (Å²) >= 11 is 1.27. The quantitative estimate of drug-likeness (QED) is 0.511. The molecular formula is C11H10N2O3S. The van der Waals surface area contributed by atoms with E-state index in [1.54, 1.807) is 30.5 Å². The Kier molecular flexibility index (Phi) is 3.55. The Balaban J connectivity index is 2.60. The number of aliphatic hydroxyl groups is 1. The zero-order chi connectivity index (χ0) is 12.3. The first-order valence-electron chi connectivity index (χ1n) is 5.00. The van der Waals surface area contributed by atoms with Gasteiger partial charge in [0.2, 0.25) is 0 Å². The molecule has 0 aliphatic rings. The highest BCUT2D eigenvalue weighted by Gasteiger charge is 2.18. The van der Waals surface area contributed by atoms with Crippen molar-refractivity contribution in [2.75, 3.05) is 12.4 Å². The summed E-state index contributed by atoms with van der Waals surface area (Å²) in [5.41, 5.74) is 0.668. The summed E-state index contributed by atoms with van der Waals surface area (Å²) < 4.78 is 0. The summed E-state index contributed by atoms with van der Waals surface area (Å²) in [4.78, 5) is 15.3. The molecule has 1 heterocycles. The SMILES string of the molecule is O=[N+]([O-])c1c(SCCO)ccc2ncccc12. The van der Waals surface area contributed by atoms with Crippen LogP contribution in [0.5, 0.6) is 0 Å². The molecule has 0 amide bonds. The lowest BCUT2D eigenvalue weighted by Crippen LogP contribution is -1.95. The van der Waals surface area contributed by atoms with Crippen molar-refractivity contribution in [3.63, 3.8) is 0 Å². The molecule has 0 saturated heterocycles. The molecule has 0 saturated carbocycles. The molecule has 0 fully saturated rings. The van der Waals surface area contributed by atoms with Crippen LogP contribution >= 0.6 is 11.8 Å².